The third kappa shape index (κ3) is 60.0. The molecule has 0 N–H and O–H groups in total. The number of rotatable bonds is 13. The van der Waals surface area contributed by atoms with Gasteiger partial charge in [0.2, 0.25) is 0 Å². The summed E-state index contributed by atoms with van der Waals surface area (Å²) in [5.74, 6) is -0.957. The summed E-state index contributed by atoms with van der Waals surface area (Å²) in [6.45, 7) is 34.3. The Bertz CT molecular complexity index is 674. The average molecular weight is 840 g/mol. The Labute approximate surface area is 307 Å². The second kappa shape index (κ2) is 51.0. The second-order valence-corrected chi connectivity index (χ2v) is 10.1. The van der Waals surface area contributed by atoms with Crippen molar-refractivity contribution in [1.29, 1.82) is 0 Å². The minimum absolute atomic E-state index is 0. The summed E-state index contributed by atoms with van der Waals surface area (Å²) < 4.78 is 14.2. The summed E-state index contributed by atoms with van der Waals surface area (Å²) in [4.78, 5) is 42.9. The summed E-state index contributed by atoms with van der Waals surface area (Å²) in [5.41, 5.74) is 1.04. The number of carbonyl (C=O) groups is 4. The van der Waals surface area contributed by atoms with E-state index in [1.165, 1.54) is 39.0 Å². The third-order valence-electron chi connectivity index (χ3n) is 5.61. The minimum Gasteiger partial charge on any atom is -0.489 e. The predicted molar refractivity (Wildman–Crippen MR) is 198 cm³/mol. The van der Waals surface area contributed by atoms with Crippen LogP contribution in [0.1, 0.15) is 160 Å². The number of Topliss-reactive ketones (excluding diaryl/α,β-unsaturated/α-hetero) is 1. The number of ether oxygens (including phenoxy) is 3. The number of likely N-dealkylation sites (tertiary alicyclic amines) is 1. The molecule has 0 aromatic carbocycles. The van der Waals surface area contributed by atoms with Crippen molar-refractivity contribution in [2.75, 3.05) is 19.8 Å². The van der Waals surface area contributed by atoms with Gasteiger partial charge in [-0.3, -0.25) is 23.4 Å². The molecule has 281 valence electrons. The van der Waals surface area contributed by atoms with Gasteiger partial charge in [-0.1, -0.05) is 80.6 Å². The van der Waals surface area contributed by atoms with Crippen LogP contribution in [0.4, 0.5) is 4.79 Å². The molecule has 1 fully saturated rings. The molecule has 0 aliphatic carbocycles. The number of ketones is 1. The molecular weight excluding hydrogens is 765 g/mol. The zero-order chi connectivity index (χ0) is 37.3. The van der Waals surface area contributed by atoms with Gasteiger partial charge in [0, 0.05) is 33.1 Å². The van der Waals surface area contributed by atoms with Gasteiger partial charge < -0.3 is 30.8 Å². The van der Waals surface area contributed by atoms with Crippen LogP contribution in [0, 0.1) is 20.8 Å². The number of amides is 1. The molecule has 10 heteroatoms. The Balaban J connectivity index is -0.0000000877. The zero-order valence-corrected chi connectivity index (χ0v) is 35.6. The fourth-order valence-corrected chi connectivity index (χ4v) is 3.69. The quantitative estimate of drug-likeness (QED) is 0.0599. The van der Waals surface area contributed by atoms with Crippen molar-refractivity contribution in [2.24, 2.45) is 0 Å². The van der Waals surface area contributed by atoms with Gasteiger partial charge in [-0.05, 0) is 58.7 Å². The fourth-order valence-electron chi connectivity index (χ4n) is 3.69. The van der Waals surface area contributed by atoms with Gasteiger partial charge in [0.15, 0.2) is 11.9 Å². The van der Waals surface area contributed by atoms with Crippen LogP contribution < -0.4 is 0 Å². The summed E-state index contributed by atoms with van der Waals surface area (Å²) in [6, 6.07) is 0.749. The van der Waals surface area contributed by atoms with Crippen LogP contribution in [0.2, 0.25) is 0 Å². The number of hydrogen-bond donors (Lipinski definition) is 0. The van der Waals surface area contributed by atoms with Crippen molar-refractivity contribution in [2.45, 2.75) is 172 Å². The Hall–Kier alpha value is -1.89. The molecule has 0 aromatic heterocycles. The molecule has 47 heavy (non-hydrogen) atoms. The van der Waals surface area contributed by atoms with E-state index in [-0.39, 0.29) is 32.9 Å². The summed E-state index contributed by atoms with van der Waals surface area (Å²) >= 11 is 0. The molecule has 1 saturated heterocycles. The number of hydrogen-bond acceptors (Lipinski definition) is 7. The van der Waals surface area contributed by atoms with Gasteiger partial charge in [-0.15, -0.1) is 0 Å². The van der Waals surface area contributed by atoms with Crippen LogP contribution in [-0.2, 0) is 49.7 Å². The smallest absolute Gasteiger partial charge is 0.164 e. The zero-order valence-electron chi connectivity index (χ0n) is 32.7. The predicted octanol–water partition coefficient (Wildman–Crippen LogP) is 9.51. The number of esters is 2. The number of carbonyl (C=O) groups excluding carboxylic acids is 4. The molecule has 2 unspecified atom stereocenters. The molecule has 0 saturated carbocycles. The van der Waals surface area contributed by atoms with Crippen molar-refractivity contribution in [3.8, 4) is 0 Å². The first-order chi connectivity index (χ1) is 21.7. The first-order valence-electron chi connectivity index (χ1n) is 17.6. The molecule has 0 aromatic rings. The van der Waals surface area contributed by atoms with Crippen molar-refractivity contribution >= 4 is 36.8 Å². The van der Waals surface area contributed by atoms with E-state index >= 15 is 0 Å². The van der Waals surface area contributed by atoms with E-state index < -0.39 is 11.9 Å². The first kappa shape index (κ1) is 60.4. The SMILES string of the molecule is CC.CC.CCCOC(=O)N1C(C)CCC1CC.[B]=C(C)CCC.[CH2-]C(=O)OCC.[CH2-]C(=O)OCCCCCCCC.[CH2-]C(C)=O.[W]. The standard InChI is InChI=1S/C11H21NO2.C10H19O2.C5H10B.C4H7O2.C3H5O.2C2H6.W/c1-4-8-14-11(13)12-9(3)6-7-10(12)5-2;1-3-4-5-6-7-8-9-12-10(2)11;1-3-4-5(2)6;1-3-6-4(2)5;1-3(2)4;2*1-2;/h9-10H,4-8H2,1-3H3;2-9H2,1H3;3-4H2,1-2H3;2-3H2,1H3;1H2,2H3;2*1-2H3;/q;-1;;2*-1;;;. The van der Waals surface area contributed by atoms with Gasteiger partial charge in [0.25, 0.3) is 0 Å². The van der Waals surface area contributed by atoms with E-state index in [2.05, 4.69) is 53.2 Å². The van der Waals surface area contributed by atoms with Crippen molar-refractivity contribution in [3.63, 3.8) is 0 Å². The van der Waals surface area contributed by atoms with Gasteiger partial charge in [0.05, 0.1) is 19.8 Å². The minimum atomic E-state index is -0.461. The maximum Gasteiger partial charge on any atom is 0.164 e. The van der Waals surface area contributed by atoms with E-state index in [9.17, 15) is 19.2 Å². The first-order valence-corrected chi connectivity index (χ1v) is 17.6. The third-order valence-corrected chi connectivity index (χ3v) is 5.61. The van der Waals surface area contributed by atoms with Crippen LogP contribution in [-0.4, -0.2) is 73.6 Å². The van der Waals surface area contributed by atoms with Crippen LogP contribution in [0.5, 0.6) is 0 Å². The van der Waals surface area contributed by atoms with Crippen LogP contribution in [0.25, 0.3) is 0 Å². The Morgan fingerprint density at radius 1 is 0.702 bits per heavy atom. The average Bonchev–Trinajstić information content (AvgIpc) is 3.38. The van der Waals surface area contributed by atoms with E-state index in [0.717, 1.165) is 50.4 Å². The number of unbranched alkanes of at least 4 members (excludes halogenated alkanes) is 5. The van der Waals surface area contributed by atoms with E-state index in [1.54, 1.807) is 6.92 Å². The Kier molecular flexibility index (Phi) is 65.5. The van der Waals surface area contributed by atoms with Gasteiger partial charge in [0.1, 0.15) is 0 Å². The molecule has 1 aliphatic heterocycles. The van der Waals surface area contributed by atoms with E-state index in [1.807, 2.05) is 46.4 Å². The van der Waals surface area contributed by atoms with Crippen molar-refractivity contribution < 1.29 is 54.5 Å². The summed E-state index contributed by atoms with van der Waals surface area (Å²) in [5, 5.41) is 0. The molecule has 0 bridgehead atoms. The van der Waals surface area contributed by atoms with Crippen LogP contribution in [0.3, 0.4) is 0 Å². The second-order valence-electron chi connectivity index (χ2n) is 10.1. The van der Waals surface area contributed by atoms with Gasteiger partial charge in [-0.2, -0.15) is 0 Å². The van der Waals surface area contributed by atoms with Gasteiger partial charge >= 0.3 is 45.7 Å². The largest absolute Gasteiger partial charge is 0.489 e. The molecule has 1 rings (SSSR count). The molecule has 1 radical (unpaired) electrons. The van der Waals surface area contributed by atoms with Crippen molar-refractivity contribution in [3.05, 3.63) is 20.8 Å². The van der Waals surface area contributed by atoms with Crippen LogP contribution in [0.15, 0.2) is 0 Å². The Morgan fingerprint density at radius 3 is 1.49 bits per heavy atom. The summed E-state index contributed by atoms with van der Waals surface area (Å²) in [7, 11) is 5.32. The fraction of sp³-hybridized carbons (Fsp3) is 0.784. The van der Waals surface area contributed by atoms with Crippen LogP contribution >= 0.6 is 0 Å². The Morgan fingerprint density at radius 2 is 1.17 bits per heavy atom. The monoisotopic (exact) mass is 840 g/mol. The molecule has 1 heterocycles. The molecular formula is C37H74BNO7W-3. The molecule has 8 nitrogen and oxygen atoms in total. The summed E-state index contributed by atoms with van der Waals surface area (Å²) in [6.07, 6.45) is 13.6. The maximum absolute atomic E-state index is 11.7. The normalized spacial score (nSPS) is 13.2. The van der Waals surface area contributed by atoms with E-state index in [4.69, 9.17) is 17.0 Å². The van der Waals surface area contributed by atoms with Crippen molar-refractivity contribution in [1.82, 2.24) is 4.90 Å². The molecule has 1 aliphatic rings. The van der Waals surface area contributed by atoms with E-state index in [0.29, 0.717) is 31.9 Å². The molecule has 2 atom stereocenters. The topological polar surface area (TPSA) is 99.2 Å². The molecule has 0 spiro atoms. The number of nitrogens with zero attached hydrogens (tertiary/aromatic N) is 1. The molecule has 1 amide bonds. The van der Waals surface area contributed by atoms with Gasteiger partial charge in [-0.25, -0.2) is 4.79 Å². The maximum atomic E-state index is 11.7.